The zero-order valence-corrected chi connectivity index (χ0v) is 8.89. The van der Waals surface area contributed by atoms with Gasteiger partial charge in [0, 0.05) is 17.8 Å². The molecule has 0 aliphatic heterocycles. The molecule has 1 aromatic rings. The van der Waals surface area contributed by atoms with E-state index in [1.54, 1.807) is 6.20 Å². The zero-order valence-electron chi connectivity index (χ0n) is 8.89. The van der Waals surface area contributed by atoms with Crippen molar-refractivity contribution in [2.75, 3.05) is 0 Å². The van der Waals surface area contributed by atoms with E-state index in [0.717, 1.165) is 12.2 Å². The molecule has 0 bridgehead atoms. The maximum absolute atomic E-state index is 5.99. The number of nitrogens with zero attached hydrogens (tertiary/aromatic N) is 1. The molecular formula is C10H17BN2. The Morgan fingerprint density at radius 2 is 2.00 bits per heavy atom. The molecule has 2 nitrogen and oxygen atoms in total. The standard InChI is InChI=1S/C10H17BN2/c1-9(2,7-10(3,4)11)8-12-5-6-13-8/h5-6H,7H2,1-4H3,(H,12,13). The number of nitrogens with one attached hydrogen (secondary N) is 1. The third-order valence-electron chi connectivity index (χ3n) is 2.04. The molecule has 1 heterocycles. The Balaban J connectivity index is 2.78. The van der Waals surface area contributed by atoms with Crippen LogP contribution in [0.25, 0.3) is 0 Å². The maximum atomic E-state index is 5.99. The lowest BCUT2D eigenvalue weighted by Crippen LogP contribution is -2.24. The molecule has 0 atom stereocenters. The van der Waals surface area contributed by atoms with Crippen molar-refractivity contribution in [1.29, 1.82) is 0 Å². The molecule has 13 heavy (non-hydrogen) atoms. The minimum Gasteiger partial charge on any atom is -0.348 e. The monoisotopic (exact) mass is 176 g/mol. The topological polar surface area (TPSA) is 28.7 Å². The highest BCUT2D eigenvalue weighted by Crippen LogP contribution is 2.36. The van der Waals surface area contributed by atoms with Gasteiger partial charge in [-0.15, -0.1) is 0 Å². The molecule has 1 N–H and O–H groups in total. The highest BCUT2D eigenvalue weighted by molar-refractivity contribution is 6.14. The summed E-state index contributed by atoms with van der Waals surface area (Å²) in [5, 5.41) is -0.156. The molecule has 0 amide bonds. The van der Waals surface area contributed by atoms with E-state index in [9.17, 15) is 0 Å². The van der Waals surface area contributed by atoms with E-state index in [0.29, 0.717) is 0 Å². The Kier molecular flexibility index (Phi) is 2.55. The molecule has 0 aliphatic carbocycles. The van der Waals surface area contributed by atoms with Crippen LogP contribution in [0, 0.1) is 0 Å². The van der Waals surface area contributed by atoms with Crippen molar-refractivity contribution in [2.24, 2.45) is 0 Å². The van der Waals surface area contributed by atoms with Crippen molar-refractivity contribution >= 4 is 7.85 Å². The second-order valence-corrected chi connectivity index (χ2v) is 4.99. The van der Waals surface area contributed by atoms with Gasteiger partial charge in [0.05, 0.1) is 7.85 Å². The van der Waals surface area contributed by atoms with Crippen LogP contribution in [0.2, 0.25) is 5.31 Å². The van der Waals surface area contributed by atoms with E-state index in [-0.39, 0.29) is 10.7 Å². The fourth-order valence-electron chi connectivity index (χ4n) is 1.86. The van der Waals surface area contributed by atoms with Gasteiger partial charge in [-0.1, -0.05) is 33.0 Å². The highest BCUT2D eigenvalue weighted by atomic mass is 14.9. The van der Waals surface area contributed by atoms with E-state index in [2.05, 4.69) is 23.8 Å². The molecular weight excluding hydrogens is 159 g/mol. The number of hydrogen-bond acceptors (Lipinski definition) is 1. The van der Waals surface area contributed by atoms with Crippen LogP contribution < -0.4 is 0 Å². The van der Waals surface area contributed by atoms with Crippen LogP contribution in [0.1, 0.15) is 39.9 Å². The van der Waals surface area contributed by atoms with Crippen molar-refractivity contribution < 1.29 is 0 Å². The normalized spacial score (nSPS) is 13.2. The van der Waals surface area contributed by atoms with Crippen LogP contribution in [0.3, 0.4) is 0 Å². The van der Waals surface area contributed by atoms with Gasteiger partial charge in [0.1, 0.15) is 5.82 Å². The predicted molar refractivity (Wildman–Crippen MR) is 56.0 cm³/mol. The van der Waals surface area contributed by atoms with Gasteiger partial charge in [-0.05, 0) is 6.42 Å². The minimum absolute atomic E-state index is 0.0156. The van der Waals surface area contributed by atoms with Crippen molar-refractivity contribution in [3.63, 3.8) is 0 Å². The van der Waals surface area contributed by atoms with Crippen LogP contribution in [0.4, 0.5) is 0 Å². The number of H-pyrrole nitrogens is 1. The number of imidazole rings is 1. The zero-order chi connectivity index (χ0) is 10.1. The second kappa shape index (κ2) is 3.20. The van der Waals surface area contributed by atoms with Gasteiger partial charge in [-0.3, -0.25) is 0 Å². The van der Waals surface area contributed by atoms with Gasteiger partial charge < -0.3 is 4.98 Å². The van der Waals surface area contributed by atoms with Gasteiger partial charge >= 0.3 is 0 Å². The Morgan fingerprint density at radius 3 is 2.38 bits per heavy atom. The molecule has 2 radical (unpaired) electrons. The van der Waals surface area contributed by atoms with E-state index >= 15 is 0 Å². The fraction of sp³-hybridized carbons (Fsp3) is 0.700. The summed E-state index contributed by atoms with van der Waals surface area (Å²) in [6.07, 6.45) is 4.54. The first kappa shape index (κ1) is 10.4. The summed E-state index contributed by atoms with van der Waals surface area (Å²) in [6.45, 7) is 8.39. The van der Waals surface area contributed by atoms with Crippen molar-refractivity contribution in [2.45, 2.75) is 44.8 Å². The lowest BCUT2D eigenvalue weighted by Gasteiger charge is -2.31. The van der Waals surface area contributed by atoms with Gasteiger partial charge in [-0.2, -0.15) is 0 Å². The lowest BCUT2D eigenvalue weighted by atomic mass is 9.63. The first-order chi connectivity index (χ1) is 5.81. The lowest BCUT2D eigenvalue weighted by molar-refractivity contribution is 0.395. The molecule has 0 aliphatic rings. The summed E-state index contributed by atoms with van der Waals surface area (Å²) in [5.74, 6) is 1.01. The van der Waals surface area contributed by atoms with Gasteiger partial charge in [0.2, 0.25) is 0 Å². The van der Waals surface area contributed by atoms with Crippen LogP contribution in [0.15, 0.2) is 12.4 Å². The van der Waals surface area contributed by atoms with Gasteiger partial charge in [0.15, 0.2) is 0 Å². The Hall–Kier alpha value is -0.725. The highest BCUT2D eigenvalue weighted by Gasteiger charge is 2.28. The molecule has 1 aromatic heterocycles. The number of rotatable bonds is 3. The largest absolute Gasteiger partial charge is 0.348 e. The molecule has 0 spiro atoms. The summed E-state index contributed by atoms with van der Waals surface area (Å²) < 4.78 is 0. The number of aromatic amines is 1. The third-order valence-corrected chi connectivity index (χ3v) is 2.04. The second-order valence-electron chi connectivity index (χ2n) is 4.99. The first-order valence-electron chi connectivity index (χ1n) is 4.60. The van der Waals surface area contributed by atoms with E-state index < -0.39 is 0 Å². The summed E-state index contributed by atoms with van der Waals surface area (Å²) in [5.41, 5.74) is 0.0156. The van der Waals surface area contributed by atoms with Crippen molar-refractivity contribution in [3.8, 4) is 0 Å². The fourth-order valence-corrected chi connectivity index (χ4v) is 1.86. The van der Waals surface area contributed by atoms with E-state index in [1.807, 2.05) is 20.0 Å². The molecule has 0 aromatic carbocycles. The van der Waals surface area contributed by atoms with E-state index in [1.165, 1.54) is 0 Å². The number of aromatic nitrogens is 2. The smallest absolute Gasteiger partial charge is 0.111 e. The molecule has 0 saturated heterocycles. The molecule has 3 heteroatoms. The minimum atomic E-state index is -0.156. The summed E-state index contributed by atoms with van der Waals surface area (Å²) in [4.78, 5) is 7.39. The molecule has 0 unspecified atom stereocenters. The van der Waals surface area contributed by atoms with E-state index in [4.69, 9.17) is 7.85 Å². The third kappa shape index (κ3) is 2.90. The summed E-state index contributed by atoms with van der Waals surface area (Å²) in [6, 6.07) is 0. The van der Waals surface area contributed by atoms with Crippen LogP contribution in [-0.4, -0.2) is 17.8 Å². The average Bonchev–Trinajstić information content (AvgIpc) is 2.29. The quantitative estimate of drug-likeness (QED) is 0.704. The molecule has 1 rings (SSSR count). The Morgan fingerprint density at radius 1 is 1.38 bits per heavy atom. The van der Waals surface area contributed by atoms with Crippen LogP contribution >= 0.6 is 0 Å². The molecule has 70 valence electrons. The summed E-state index contributed by atoms with van der Waals surface area (Å²) >= 11 is 0. The molecule has 0 saturated carbocycles. The van der Waals surface area contributed by atoms with Crippen molar-refractivity contribution in [1.82, 2.24) is 9.97 Å². The SMILES string of the molecule is [B]C(C)(C)CC(C)(C)c1ncc[nH]1. The maximum Gasteiger partial charge on any atom is 0.111 e. The van der Waals surface area contributed by atoms with Gasteiger partial charge in [0.25, 0.3) is 0 Å². The summed E-state index contributed by atoms with van der Waals surface area (Å²) in [7, 11) is 5.99. The van der Waals surface area contributed by atoms with Gasteiger partial charge in [-0.25, -0.2) is 4.98 Å². The van der Waals surface area contributed by atoms with Crippen LogP contribution in [0.5, 0.6) is 0 Å². The van der Waals surface area contributed by atoms with Crippen molar-refractivity contribution in [3.05, 3.63) is 18.2 Å². The number of hydrogen-bond donors (Lipinski definition) is 1. The Bertz CT molecular complexity index is 257. The van der Waals surface area contributed by atoms with Crippen LogP contribution in [-0.2, 0) is 5.41 Å². The Labute approximate surface area is 81.6 Å². The predicted octanol–water partition coefficient (Wildman–Crippen LogP) is 2.44. The first-order valence-corrected chi connectivity index (χ1v) is 4.60. The molecule has 0 fully saturated rings. The average molecular weight is 176 g/mol.